The van der Waals surface area contributed by atoms with Crippen molar-refractivity contribution in [3.63, 3.8) is 0 Å². The summed E-state index contributed by atoms with van der Waals surface area (Å²) >= 11 is 1.66. The number of thiazole rings is 1. The summed E-state index contributed by atoms with van der Waals surface area (Å²) in [5.41, 5.74) is 8.81. The number of aromatic nitrogens is 3. The predicted octanol–water partition coefficient (Wildman–Crippen LogP) is 5.64. The van der Waals surface area contributed by atoms with Crippen LogP contribution in [0.25, 0.3) is 21.3 Å². The van der Waals surface area contributed by atoms with Crippen molar-refractivity contribution >= 4 is 45.8 Å². The van der Waals surface area contributed by atoms with Crippen molar-refractivity contribution in [2.75, 3.05) is 5.32 Å². The van der Waals surface area contributed by atoms with Crippen molar-refractivity contribution < 1.29 is 5.11 Å². The number of benzene rings is 2. The molecule has 1 aliphatic carbocycles. The number of hydrogen-bond acceptors (Lipinski definition) is 5. The van der Waals surface area contributed by atoms with Crippen LogP contribution in [0.2, 0.25) is 19.6 Å². The van der Waals surface area contributed by atoms with Gasteiger partial charge in [-0.2, -0.15) is 0 Å². The molecule has 170 valence electrons. The molecule has 0 unspecified atom stereocenters. The lowest BCUT2D eigenvalue weighted by Gasteiger charge is -2.27. The summed E-state index contributed by atoms with van der Waals surface area (Å²) in [4.78, 5) is 9.33. The topological polar surface area (TPSA) is 63.0 Å². The van der Waals surface area contributed by atoms with Gasteiger partial charge < -0.3 is 15.0 Å². The highest BCUT2D eigenvalue weighted by molar-refractivity contribution is 7.22. The quantitative estimate of drug-likeness (QED) is 0.297. The minimum atomic E-state index is -1.42. The maximum absolute atomic E-state index is 10.3. The van der Waals surface area contributed by atoms with E-state index in [1.807, 2.05) is 6.33 Å². The molecule has 0 bridgehead atoms. The number of aliphatic hydroxyl groups excluding tert-OH is 1. The molecule has 2 heterocycles. The van der Waals surface area contributed by atoms with Gasteiger partial charge >= 0.3 is 0 Å². The van der Waals surface area contributed by atoms with E-state index in [1.165, 1.54) is 5.56 Å². The number of hydrogen-bond donors (Lipinski definition) is 2. The summed E-state index contributed by atoms with van der Waals surface area (Å²) in [6.07, 6.45) is 5.77. The first-order valence-electron chi connectivity index (χ1n) is 11.7. The Morgan fingerprint density at radius 3 is 2.76 bits per heavy atom. The van der Waals surface area contributed by atoms with E-state index in [2.05, 4.69) is 82.4 Å². The molecule has 7 heteroatoms. The molecule has 33 heavy (non-hydrogen) atoms. The van der Waals surface area contributed by atoms with Gasteiger partial charge in [-0.05, 0) is 48.7 Å². The second-order valence-electron chi connectivity index (χ2n) is 10.00. The number of anilines is 1. The van der Waals surface area contributed by atoms with Crippen LogP contribution in [0.3, 0.4) is 0 Å². The van der Waals surface area contributed by atoms with Gasteiger partial charge in [0.25, 0.3) is 0 Å². The number of imidazole rings is 1. The average Bonchev–Trinajstić information content (AvgIpc) is 3.36. The third-order valence-corrected chi connectivity index (χ3v) is 7.87. The molecule has 0 aliphatic heterocycles. The lowest BCUT2D eigenvalue weighted by Crippen LogP contribution is -2.36. The van der Waals surface area contributed by atoms with Gasteiger partial charge in [0, 0.05) is 12.1 Å². The van der Waals surface area contributed by atoms with Crippen molar-refractivity contribution in [2.24, 2.45) is 0 Å². The standard InChI is InChI=1S/C26H30N4OSSi/c1-33(2,3)13-12-18-8-10-20-23(14-18)30(17-27-20)16-19-9-11-22-25(15-19)32-26(29-22)28-21-6-4-5-7-24(21)31/h8-11,14-15,17,21,24,31H,4-7,16H2,1-3H3,(H,28,29)/t21-,24-/m1/s1. The smallest absolute Gasteiger partial charge is 0.184 e. The average molecular weight is 475 g/mol. The fraction of sp³-hybridized carbons (Fsp3) is 0.385. The highest BCUT2D eigenvalue weighted by Gasteiger charge is 2.23. The van der Waals surface area contributed by atoms with Crippen LogP contribution in [0.1, 0.15) is 36.8 Å². The Morgan fingerprint density at radius 1 is 1.12 bits per heavy atom. The Kier molecular flexibility index (Phi) is 6.00. The van der Waals surface area contributed by atoms with E-state index in [1.54, 1.807) is 11.3 Å². The molecular formula is C26H30N4OSSi. The molecule has 4 aromatic rings. The Balaban J connectivity index is 1.37. The van der Waals surface area contributed by atoms with E-state index >= 15 is 0 Å². The maximum Gasteiger partial charge on any atom is 0.184 e. The van der Waals surface area contributed by atoms with Gasteiger partial charge in [0.2, 0.25) is 0 Å². The van der Waals surface area contributed by atoms with Gasteiger partial charge in [0.05, 0.1) is 39.7 Å². The number of nitrogens with zero attached hydrogens (tertiary/aromatic N) is 3. The van der Waals surface area contributed by atoms with Crippen LogP contribution >= 0.6 is 11.3 Å². The summed E-state index contributed by atoms with van der Waals surface area (Å²) in [5, 5.41) is 14.6. The van der Waals surface area contributed by atoms with Crippen molar-refractivity contribution in [3.05, 3.63) is 53.9 Å². The van der Waals surface area contributed by atoms with E-state index in [-0.39, 0.29) is 12.1 Å². The summed E-state index contributed by atoms with van der Waals surface area (Å²) < 4.78 is 3.35. The van der Waals surface area contributed by atoms with Gasteiger partial charge in [-0.1, -0.05) is 55.8 Å². The maximum atomic E-state index is 10.3. The third-order valence-electron chi connectivity index (χ3n) is 6.05. The number of aliphatic hydroxyl groups is 1. The van der Waals surface area contributed by atoms with Gasteiger partial charge in [-0.3, -0.25) is 0 Å². The molecule has 0 amide bonds. The van der Waals surface area contributed by atoms with Crippen molar-refractivity contribution in [3.8, 4) is 11.5 Å². The molecule has 5 nitrogen and oxygen atoms in total. The molecule has 1 aliphatic rings. The summed E-state index contributed by atoms with van der Waals surface area (Å²) in [7, 11) is -1.42. The molecule has 1 saturated carbocycles. The van der Waals surface area contributed by atoms with Crippen molar-refractivity contribution in [1.82, 2.24) is 14.5 Å². The highest BCUT2D eigenvalue weighted by Crippen LogP contribution is 2.30. The fourth-order valence-electron chi connectivity index (χ4n) is 4.28. The summed E-state index contributed by atoms with van der Waals surface area (Å²) in [6.45, 7) is 7.53. The van der Waals surface area contributed by atoms with Crippen LogP contribution in [0.15, 0.2) is 42.7 Å². The van der Waals surface area contributed by atoms with E-state index in [0.29, 0.717) is 0 Å². The molecule has 2 aromatic heterocycles. The molecule has 2 N–H and O–H groups in total. The van der Waals surface area contributed by atoms with E-state index < -0.39 is 8.07 Å². The van der Waals surface area contributed by atoms with Crippen LogP contribution in [0, 0.1) is 11.5 Å². The molecule has 2 atom stereocenters. The fourth-order valence-corrected chi connectivity index (χ4v) is 5.79. The van der Waals surface area contributed by atoms with Crippen LogP contribution in [0.5, 0.6) is 0 Å². The Hall–Kier alpha value is -2.66. The SMILES string of the molecule is C[Si](C)(C)C#Cc1ccc2ncn(Cc3ccc4nc(N[C@@H]5CCCC[C@H]5O)sc4c3)c2c1. The third kappa shape index (κ3) is 5.14. The Bertz CT molecular complexity index is 1360. The normalized spacial score (nSPS) is 18.9. The molecule has 0 spiro atoms. The number of nitrogens with one attached hydrogen (secondary N) is 1. The lowest BCUT2D eigenvalue weighted by molar-refractivity contribution is 0.116. The Morgan fingerprint density at radius 2 is 1.94 bits per heavy atom. The monoisotopic (exact) mass is 474 g/mol. The molecule has 0 radical (unpaired) electrons. The first kappa shape index (κ1) is 22.1. The van der Waals surface area contributed by atoms with Gasteiger partial charge in [-0.15, -0.1) is 5.54 Å². The van der Waals surface area contributed by atoms with Crippen LogP contribution in [0.4, 0.5) is 5.13 Å². The zero-order valence-electron chi connectivity index (χ0n) is 19.4. The number of rotatable bonds is 4. The van der Waals surface area contributed by atoms with E-state index in [9.17, 15) is 5.11 Å². The van der Waals surface area contributed by atoms with Crippen LogP contribution < -0.4 is 5.32 Å². The largest absolute Gasteiger partial charge is 0.391 e. The van der Waals surface area contributed by atoms with Crippen LogP contribution in [-0.2, 0) is 6.54 Å². The van der Waals surface area contributed by atoms with Crippen molar-refractivity contribution in [2.45, 2.75) is 64.0 Å². The highest BCUT2D eigenvalue weighted by atomic mass is 32.1. The van der Waals surface area contributed by atoms with Crippen molar-refractivity contribution in [1.29, 1.82) is 0 Å². The zero-order chi connectivity index (χ0) is 23.0. The zero-order valence-corrected chi connectivity index (χ0v) is 21.2. The minimum absolute atomic E-state index is 0.106. The molecule has 5 rings (SSSR count). The van der Waals surface area contributed by atoms with Crippen LogP contribution in [-0.4, -0.2) is 39.9 Å². The molecule has 1 fully saturated rings. The molecular weight excluding hydrogens is 444 g/mol. The first-order valence-corrected chi connectivity index (χ1v) is 16.0. The second-order valence-corrected chi connectivity index (χ2v) is 15.8. The van der Waals surface area contributed by atoms with Gasteiger partial charge in [-0.25, -0.2) is 9.97 Å². The predicted molar refractivity (Wildman–Crippen MR) is 141 cm³/mol. The lowest BCUT2D eigenvalue weighted by atomic mass is 9.93. The molecule has 0 saturated heterocycles. The number of fused-ring (bicyclic) bond motifs is 2. The summed E-state index contributed by atoms with van der Waals surface area (Å²) in [6, 6.07) is 12.8. The van der Waals surface area contributed by atoms with E-state index in [4.69, 9.17) is 4.98 Å². The summed E-state index contributed by atoms with van der Waals surface area (Å²) in [5.74, 6) is 3.36. The van der Waals surface area contributed by atoms with Gasteiger partial charge in [0.1, 0.15) is 8.07 Å². The second kappa shape index (κ2) is 8.94. The van der Waals surface area contributed by atoms with Gasteiger partial charge in [0.15, 0.2) is 5.13 Å². The minimum Gasteiger partial charge on any atom is -0.391 e. The van der Waals surface area contributed by atoms with E-state index in [0.717, 1.165) is 64.2 Å². The molecule has 2 aromatic carbocycles. The first-order chi connectivity index (χ1) is 15.8. The Labute approximate surface area is 199 Å².